The van der Waals surface area contributed by atoms with Crippen LogP contribution in [0.3, 0.4) is 0 Å². The molecular weight excluding hydrogens is 296 g/mol. The molecule has 3 nitrogen and oxygen atoms in total. The summed E-state index contributed by atoms with van der Waals surface area (Å²) in [5.74, 6) is 0.0873. The summed E-state index contributed by atoms with van der Waals surface area (Å²) in [6.07, 6.45) is 4.50. The lowest BCUT2D eigenvalue weighted by atomic mass is 10.0. The van der Waals surface area contributed by atoms with Crippen LogP contribution in [0, 0.1) is 0 Å². The predicted octanol–water partition coefficient (Wildman–Crippen LogP) is 4.09. The number of nitrogens with one attached hydrogen (secondary N) is 1. The highest BCUT2D eigenvalue weighted by Gasteiger charge is 2.20. The lowest BCUT2D eigenvalue weighted by molar-refractivity contribution is -0.118. The Morgan fingerprint density at radius 3 is 2.62 bits per heavy atom. The molecule has 1 fully saturated rings. The van der Waals surface area contributed by atoms with E-state index in [9.17, 15) is 4.79 Å². The van der Waals surface area contributed by atoms with Gasteiger partial charge in [-0.15, -0.1) is 0 Å². The summed E-state index contributed by atoms with van der Waals surface area (Å²) in [6, 6.07) is 19.0. The fraction of sp³-hybridized carbons (Fsp3) is 0.381. The Bertz CT molecular complexity index is 669. The first-order valence-corrected chi connectivity index (χ1v) is 8.88. The molecule has 0 aromatic heterocycles. The Balaban J connectivity index is 1.65. The van der Waals surface area contributed by atoms with Gasteiger partial charge in [-0.25, -0.2) is 0 Å². The fourth-order valence-corrected chi connectivity index (χ4v) is 3.38. The van der Waals surface area contributed by atoms with Crippen LogP contribution >= 0.6 is 0 Å². The van der Waals surface area contributed by atoms with Crippen molar-refractivity contribution in [3.63, 3.8) is 0 Å². The molecule has 1 N–H and O–H groups in total. The number of carbonyl (C=O) groups is 1. The highest BCUT2D eigenvalue weighted by atomic mass is 16.2. The summed E-state index contributed by atoms with van der Waals surface area (Å²) < 4.78 is 0. The number of nitrogens with zero attached hydrogens (tertiary/aromatic N) is 1. The van der Waals surface area contributed by atoms with Crippen molar-refractivity contribution >= 4 is 11.6 Å². The van der Waals surface area contributed by atoms with Crippen LogP contribution in [0.2, 0.25) is 0 Å². The number of likely N-dealkylation sites (tertiary alicyclic amines) is 1. The number of hydrogen-bond donors (Lipinski definition) is 1. The third-order valence-corrected chi connectivity index (χ3v) is 4.82. The molecule has 0 spiro atoms. The number of anilines is 1. The Labute approximate surface area is 144 Å². The average molecular weight is 322 g/mol. The van der Waals surface area contributed by atoms with Crippen molar-refractivity contribution in [1.29, 1.82) is 0 Å². The molecule has 0 aliphatic carbocycles. The molecule has 1 saturated heterocycles. The van der Waals surface area contributed by atoms with Crippen LogP contribution in [0.25, 0.3) is 0 Å². The number of rotatable bonds is 5. The van der Waals surface area contributed by atoms with Crippen LogP contribution in [0.5, 0.6) is 0 Å². The van der Waals surface area contributed by atoms with Gasteiger partial charge in [-0.05, 0) is 49.9 Å². The van der Waals surface area contributed by atoms with E-state index in [-0.39, 0.29) is 5.91 Å². The van der Waals surface area contributed by atoms with Crippen LogP contribution in [-0.4, -0.2) is 29.9 Å². The van der Waals surface area contributed by atoms with Gasteiger partial charge in [0.1, 0.15) is 0 Å². The summed E-state index contributed by atoms with van der Waals surface area (Å²) in [4.78, 5) is 14.8. The molecule has 2 aromatic carbocycles. The zero-order valence-corrected chi connectivity index (χ0v) is 14.4. The van der Waals surface area contributed by atoms with Gasteiger partial charge in [0, 0.05) is 11.7 Å². The molecule has 3 heteroatoms. The Hall–Kier alpha value is -2.13. The van der Waals surface area contributed by atoms with E-state index in [2.05, 4.69) is 35.3 Å². The van der Waals surface area contributed by atoms with E-state index < -0.39 is 0 Å². The van der Waals surface area contributed by atoms with E-state index in [4.69, 9.17) is 0 Å². The first-order chi connectivity index (χ1) is 11.7. The first kappa shape index (κ1) is 16.7. The Kier molecular flexibility index (Phi) is 5.65. The third-order valence-electron chi connectivity index (χ3n) is 4.82. The summed E-state index contributed by atoms with van der Waals surface area (Å²) in [6.45, 7) is 3.73. The molecule has 0 bridgehead atoms. The number of benzene rings is 2. The lowest BCUT2D eigenvalue weighted by Gasteiger charge is -2.32. The van der Waals surface area contributed by atoms with Crippen molar-refractivity contribution in [2.75, 3.05) is 18.4 Å². The normalized spacial score (nSPS) is 18.3. The van der Waals surface area contributed by atoms with Crippen LogP contribution < -0.4 is 5.32 Å². The van der Waals surface area contributed by atoms with E-state index in [0.29, 0.717) is 12.6 Å². The van der Waals surface area contributed by atoms with E-state index in [1.165, 1.54) is 24.8 Å². The van der Waals surface area contributed by atoms with Gasteiger partial charge in [-0.2, -0.15) is 0 Å². The zero-order valence-electron chi connectivity index (χ0n) is 14.4. The van der Waals surface area contributed by atoms with Crippen molar-refractivity contribution < 1.29 is 4.79 Å². The maximum atomic E-state index is 12.5. The third kappa shape index (κ3) is 4.45. The van der Waals surface area contributed by atoms with Gasteiger partial charge in [0.15, 0.2) is 0 Å². The second-order valence-corrected chi connectivity index (χ2v) is 6.68. The topological polar surface area (TPSA) is 32.3 Å². The second kappa shape index (κ2) is 8.11. The molecule has 2 aromatic rings. The SMILES string of the molecule is C[C@@H]1CCCCN1CC(=O)Nc1ccccc1Cc1ccccc1. The van der Waals surface area contributed by atoms with Gasteiger partial charge >= 0.3 is 0 Å². The van der Waals surface area contributed by atoms with Crippen molar-refractivity contribution in [2.24, 2.45) is 0 Å². The predicted molar refractivity (Wildman–Crippen MR) is 99.2 cm³/mol. The van der Waals surface area contributed by atoms with Crippen LogP contribution in [0.15, 0.2) is 54.6 Å². The summed E-state index contributed by atoms with van der Waals surface area (Å²) >= 11 is 0. The molecule has 1 heterocycles. The summed E-state index contributed by atoms with van der Waals surface area (Å²) in [5.41, 5.74) is 3.34. The molecule has 126 valence electrons. The highest BCUT2D eigenvalue weighted by Crippen LogP contribution is 2.20. The zero-order chi connectivity index (χ0) is 16.8. The molecule has 0 unspecified atom stereocenters. The van der Waals surface area contributed by atoms with Gasteiger partial charge in [0.05, 0.1) is 6.54 Å². The van der Waals surface area contributed by atoms with Crippen molar-refractivity contribution in [2.45, 2.75) is 38.6 Å². The van der Waals surface area contributed by atoms with Gasteiger partial charge in [0.25, 0.3) is 0 Å². The van der Waals surface area contributed by atoms with Crippen molar-refractivity contribution in [3.8, 4) is 0 Å². The van der Waals surface area contributed by atoms with E-state index in [1.54, 1.807) is 0 Å². The van der Waals surface area contributed by atoms with Gasteiger partial charge in [0.2, 0.25) is 5.91 Å². The minimum absolute atomic E-state index is 0.0873. The van der Waals surface area contributed by atoms with Gasteiger partial charge in [-0.1, -0.05) is 55.0 Å². The molecule has 1 amide bonds. The van der Waals surface area contributed by atoms with Crippen LogP contribution in [-0.2, 0) is 11.2 Å². The number of hydrogen-bond acceptors (Lipinski definition) is 2. The average Bonchev–Trinajstić information content (AvgIpc) is 2.60. The molecule has 3 rings (SSSR count). The van der Waals surface area contributed by atoms with Crippen molar-refractivity contribution in [1.82, 2.24) is 4.90 Å². The minimum Gasteiger partial charge on any atom is -0.325 e. The standard InChI is InChI=1S/C21H26N2O/c1-17-9-7-8-14-23(17)16-21(24)22-20-13-6-5-12-19(20)15-18-10-3-2-4-11-18/h2-6,10-13,17H,7-9,14-16H2,1H3,(H,22,24)/t17-/m1/s1. The maximum Gasteiger partial charge on any atom is 0.238 e. The van der Waals surface area contributed by atoms with E-state index >= 15 is 0 Å². The molecular formula is C21H26N2O. The Morgan fingerprint density at radius 2 is 1.83 bits per heavy atom. The smallest absolute Gasteiger partial charge is 0.238 e. The fourth-order valence-electron chi connectivity index (χ4n) is 3.38. The minimum atomic E-state index is 0.0873. The van der Waals surface area contributed by atoms with Crippen LogP contribution in [0.1, 0.15) is 37.3 Å². The molecule has 0 saturated carbocycles. The molecule has 0 radical (unpaired) electrons. The largest absolute Gasteiger partial charge is 0.325 e. The van der Waals surface area contributed by atoms with Gasteiger partial charge in [-0.3, -0.25) is 9.69 Å². The van der Waals surface area contributed by atoms with Crippen molar-refractivity contribution in [3.05, 3.63) is 65.7 Å². The van der Waals surface area contributed by atoms with E-state index in [1.807, 2.05) is 36.4 Å². The number of amides is 1. The lowest BCUT2D eigenvalue weighted by Crippen LogP contribution is -2.42. The quantitative estimate of drug-likeness (QED) is 0.899. The summed E-state index contributed by atoms with van der Waals surface area (Å²) in [7, 11) is 0. The number of para-hydroxylation sites is 1. The molecule has 1 atom stereocenters. The number of piperidine rings is 1. The molecule has 24 heavy (non-hydrogen) atoms. The first-order valence-electron chi connectivity index (χ1n) is 8.88. The number of carbonyl (C=O) groups excluding carboxylic acids is 1. The van der Waals surface area contributed by atoms with Gasteiger partial charge < -0.3 is 5.32 Å². The van der Waals surface area contributed by atoms with Crippen LogP contribution in [0.4, 0.5) is 5.69 Å². The molecule has 1 aliphatic heterocycles. The summed E-state index contributed by atoms with van der Waals surface area (Å²) in [5, 5.41) is 3.12. The Morgan fingerprint density at radius 1 is 1.08 bits per heavy atom. The molecule has 1 aliphatic rings. The maximum absolute atomic E-state index is 12.5. The monoisotopic (exact) mass is 322 g/mol. The van der Waals surface area contributed by atoms with E-state index in [0.717, 1.165) is 24.2 Å². The highest BCUT2D eigenvalue weighted by molar-refractivity contribution is 5.93. The second-order valence-electron chi connectivity index (χ2n) is 6.68.